The van der Waals surface area contributed by atoms with Gasteiger partial charge in [0.2, 0.25) is 5.91 Å². The van der Waals surface area contributed by atoms with E-state index in [0.717, 1.165) is 5.56 Å². The minimum atomic E-state index is -4.63. The van der Waals surface area contributed by atoms with Crippen LogP contribution in [0.1, 0.15) is 18.9 Å². The molecule has 1 atom stereocenters. The molecular weight excluding hydrogens is 381 g/mol. The van der Waals surface area contributed by atoms with E-state index in [4.69, 9.17) is 0 Å². The maximum Gasteiger partial charge on any atom is 0.405 e. The fraction of sp³-hybridized carbons (Fsp3) is 0.412. The Morgan fingerprint density at radius 1 is 1.18 bits per heavy atom. The molecule has 1 aliphatic rings. The molecule has 0 radical (unpaired) electrons. The highest BCUT2D eigenvalue weighted by atomic mass is 19.4. The average Bonchev–Trinajstić information content (AvgIpc) is 2.82. The van der Waals surface area contributed by atoms with Gasteiger partial charge in [-0.2, -0.15) is 13.2 Å². The van der Waals surface area contributed by atoms with Gasteiger partial charge in [-0.3, -0.25) is 19.8 Å². The van der Waals surface area contributed by atoms with Gasteiger partial charge in [0.15, 0.2) is 0 Å². The number of carbonyl (C=O) groups is 4. The summed E-state index contributed by atoms with van der Waals surface area (Å²) in [6.07, 6.45) is -3.85. The van der Waals surface area contributed by atoms with Crippen LogP contribution in [0.2, 0.25) is 0 Å². The van der Waals surface area contributed by atoms with Crippen LogP contribution < -0.4 is 16.0 Å². The molecule has 3 N–H and O–H groups in total. The Morgan fingerprint density at radius 3 is 2.43 bits per heavy atom. The van der Waals surface area contributed by atoms with Gasteiger partial charge in [0, 0.05) is 0 Å². The summed E-state index contributed by atoms with van der Waals surface area (Å²) in [5.74, 6) is -1.74. The lowest BCUT2D eigenvalue weighted by Crippen LogP contribution is -2.48. The minimum absolute atomic E-state index is 0.284. The van der Waals surface area contributed by atoms with Gasteiger partial charge in [0.1, 0.15) is 18.6 Å². The number of nitrogens with one attached hydrogen (secondary N) is 3. The van der Waals surface area contributed by atoms with Crippen molar-refractivity contribution < 1.29 is 32.3 Å². The zero-order valence-electron chi connectivity index (χ0n) is 14.9. The molecule has 0 saturated carbocycles. The van der Waals surface area contributed by atoms with E-state index in [1.807, 2.05) is 30.3 Å². The van der Waals surface area contributed by atoms with E-state index in [1.54, 1.807) is 5.32 Å². The summed E-state index contributed by atoms with van der Waals surface area (Å²) in [5.41, 5.74) is -0.269. The Balaban J connectivity index is 1.90. The summed E-state index contributed by atoms with van der Waals surface area (Å²) in [5, 5.41) is 5.61. The molecule has 152 valence electrons. The van der Waals surface area contributed by atoms with E-state index in [1.165, 1.54) is 12.2 Å². The Labute approximate surface area is 158 Å². The van der Waals surface area contributed by atoms with Crippen LogP contribution in [0.15, 0.2) is 30.3 Å². The van der Waals surface area contributed by atoms with Crippen molar-refractivity contribution >= 4 is 23.9 Å². The van der Waals surface area contributed by atoms with E-state index in [0.29, 0.717) is 11.3 Å². The summed E-state index contributed by atoms with van der Waals surface area (Å²) in [7, 11) is 0. The molecule has 11 heteroatoms. The second-order valence-corrected chi connectivity index (χ2v) is 6.49. The van der Waals surface area contributed by atoms with Crippen LogP contribution in [0.4, 0.5) is 22.8 Å². The topological polar surface area (TPSA) is 108 Å². The lowest BCUT2D eigenvalue weighted by Gasteiger charge is -2.21. The third-order valence-corrected chi connectivity index (χ3v) is 4.11. The number of hydrogen-bond acceptors (Lipinski definition) is 4. The molecule has 2 rings (SSSR count). The fourth-order valence-corrected chi connectivity index (χ4v) is 2.63. The third-order valence-electron chi connectivity index (χ3n) is 4.11. The number of benzene rings is 1. The number of carbonyl (C=O) groups excluding carboxylic acids is 4. The zero-order chi connectivity index (χ0) is 20.9. The van der Waals surface area contributed by atoms with Crippen LogP contribution in [-0.4, -0.2) is 53.6 Å². The first-order valence-electron chi connectivity index (χ1n) is 8.33. The van der Waals surface area contributed by atoms with Crippen LogP contribution in [0.25, 0.3) is 0 Å². The molecule has 1 aromatic rings. The number of alkyl halides is 3. The van der Waals surface area contributed by atoms with Crippen LogP contribution in [0.5, 0.6) is 0 Å². The van der Waals surface area contributed by atoms with Crippen LogP contribution in [0.3, 0.4) is 0 Å². The van der Waals surface area contributed by atoms with Crippen molar-refractivity contribution in [3.63, 3.8) is 0 Å². The summed E-state index contributed by atoms with van der Waals surface area (Å²) >= 11 is 0. The largest absolute Gasteiger partial charge is 0.405 e. The minimum Gasteiger partial charge on any atom is -0.329 e. The SMILES string of the molecule is C[C@]1(CCc2ccccc2)NC(=O)N(CC(=O)NC(=O)NCC(F)(F)F)C1=O. The van der Waals surface area contributed by atoms with E-state index in [-0.39, 0.29) is 6.42 Å². The fourth-order valence-electron chi connectivity index (χ4n) is 2.63. The molecule has 1 fully saturated rings. The number of hydrogen-bond donors (Lipinski definition) is 3. The normalized spacial score (nSPS) is 19.4. The summed E-state index contributed by atoms with van der Waals surface area (Å²) < 4.78 is 36.1. The molecule has 0 aliphatic carbocycles. The lowest BCUT2D eigenvalue weighted by molar-refractivity contribution is -0.134. The van der Waals surface area contributed by atoms with Gasteiger partial charge in [-0.1, -0.05) is 30.3 Å². The highest BCUT2D eigenvalue weighted by molar-refractivity contribution is 6.09. The molecule has 0 unspecified atom stereocenters. The maximum absolute atomic E-state index is 12.6. The zero-order valence-corrected chi connectivity index (χ0v) is 14.9. The number of halogens is 3. The molecule has 1 saturated heterocycles. The van der Waals surface area contributed by atoms with Crippen molar-refractivity contribution in [2.24, 2.45) is 0 Å². The second-order valence-electron chi connectivity index (χ2n) is 6.49. The Bertz CT molecular complexity index is 769. The molecule has 0 bridgehead atoms. The van der Waals surface area contributed by atoms with E-state index >= 15 is 0 Å². The van der Waals surface area contributed by atoms with Crippen molar-refractivity contribution in [3.8, 4) is 0 Å². The van der Waals surface area contributed by atoms with Gasteiger partial charge in [-0.25, -0.2) is 9.59 Å². The molecular formula is C17H19F3N4O4. The van der Waals surface area contributed by atoms with Crippen molar-refractivity contribution in [2.45, 2.75) is 31.5 Å². The van der Waals surface area contributed by atoms with Crippen molar-refractivity contribution in [2.75, 3.05) is 13.1 Å². The Kier molecular flexibility index (Phi) is 6.26. The number of aryl methyl sites for hydroxylation is 1. The number of amides is 6. The van der Waals surface area contributed by atoms with Crippen molar-refractivity contribution in [3.05, 3.63) is 35.9 Å². The number of nitrogens with zero attached hydrogens (tertiary/aromatic N) is 1. The molecule has 6 amide bonds. The lowest BCUT2D eigenvalue weighted by atomic mass is 9.93. The van der Waals surface area contributed by atoms with Gasteiger partial charge in [0.05, 0.1) is 0 Å². The Hall–Kier alpha value is -3.11. The monoisotopic (exact) mass is 400 g/mol. The van der Waals surface area contributed by atoms with Crippen molar-refractivity contribution in [1.29, 1.82) is 0 Å². The Morgan fingerprint density at radius 2 is 1.82 bits per heavy atom. The summed E-state index contributed by atoms with van der Waals surface area (Å²) in [4.78, 5) is 48.3. The highest BCUT2D eigenvalue weighted by Gasteiger charge is 2.47. The standard InChI is InChI=1S/C17H19F3N4O4/c1-16(8-7-11-5-3-2-4-6-11)13(26)24(15(28)23-16)9-12(25)22-14(27)21-10-17(18,19)20/h2-6H,7-10H2,1H3,(H,23,28)(H2,21,22,25,27)/t16-/m1/s1. The van der Waals surface area contributed by atoms with Crippen LogP contribution >= 0.6 is 0 Å². The number of urea groups is 2. The molecule has 0 aromatic heterocycles. The van der Waals surface area contributed by atoms with Crippen LogP contribution in [0, 0.1) is 0 Å². The van der Waals surface area contributed by atoms with E-state index in [2.05, 4.69) is 5.32 Å². The number of imide groups is 2. The first-order valence-corrected chi connectivity index (χ1v) is 8.33. The predicted octanol–water partition coefficient (Wildman–Crippen LogP) is 1.32. The predicted molar refractivity (Wildman–Crippen MR) is 91.0 cm³/mol. The van der Waals surface area contributed by atoms with E-state index < -0.39 is 48.7 Å². The average molecular weight is 400 g/mol. The van der Waals surface area contributed by atoms with Crippen LogP contribution in [-0.2, 0) is 16.0 Å². The molecule has 1 aliphatic heterocycles. The first-order chi connectivity index (χ1) is 13.0. The molecule has 0 spiro atoms. The molecule has 8 nitrogen and oxygen atoms in total. The molecule has 1 heterocycles. The van der Waals surface area contributed by atoms with E-state index in [9.17, 15) is 32.3 Å². The third kappa shape index (κ3) is 5.69. The second kappa shape index (κ2) is 8.28. The molecule has 28 heavy (non-hydrogen) atoms. The smallest absolute Gasteiger partial charge is 0.329 e. The quantitative estimate of drug-likeness (QED) is 0.626. The van der Waals surface area contributed by atoms with Gasteiger partial charge in [0.25, 0.3) is 5.91 Å². The summed E-state index contributed by atoms with van der Waals surface area (Å²) in [6.45, 7) is -0.887. The first kappa shape index (κ1) is 21.2. The molecule has 1 aromatic carbocycles. The number of rotatable bonds is 6. The highest BCUT2D eigenvalue weighted by Crippen LogP contribution is 2.23. The van der Waals surface area contributed by atoms with Gasteiger partial charge in [-0.05, 0) is 25.3 Å². The maximum atomic E-state index is 12.6. The summed E-state index contributed by atoms with van der Waals surface area (Å²) in [6, 6.07) is 7.08. The van der Waals surface area contributed by atoms with Gasteiger partial charge < -0.3 is 10.6 Å². The van der Waals surface area contributed by atoms with Crippen molar-refractivity contribution in [1.82, 2.24) is 20.9 Å². The van der Waals surface area contributed by atoms with Gasteiger partial charge in [-0.15, -0.1) is 0 Å². The van der Waals surface area contributed by atoms with Gasteiger partial charge >= 0.3 is 18.2 Å².